The molecule has 43 heavy (non-hydrogen) atoms. The van der Waals surface area contributed by atoms with E-state index in [0.29, 0.717) is 17.2 Å². The summed E-state index contributed by atoms with van der Waals surface area (Å²) < 4.78 is 47.0. The first-order valence-electron chi connectivity index (χ1n) is 13.3. The minimum Gasteiger partial charge on any atom is -0.497 e. The summed E-state index contributed by atoms with van der Waals surface area (Å²) in [6.07, 6.45) is 2.75. The van der Waals surface area contributed by atoms with Gasteiger partial charge in [0.25, 0.3) is 5.92 Å². The molecule has 2 aromatic carbocycles. The van der Waals surface area contributed by atoms with Crippen molar-refractivity contribution < 1.29 is 27.8 Å². The van der Waals surface area contributed by atoms with Crippen LogP contribution in [0.2, 0.25) is 0 Å². The van der Waals surface area contributed by atoms with Crippen molar-refractivity contribution in [2.75, 3.05) is 30.6 Å². The van der Waals surface area contributed by atoms with Gasteiger partial charge in [-0.05, 0) is 73.7 Å². The molecule has 6 rings (SSSR count). The van der Waals surface area contributed by atoms with Gasteiger partial charge in [0, 0.05) is 24.3 Å². The summed E-state index contributed by atoms with van der Waals surface area (Å²) in [5.74, 6) is -2.87. The number of nitriles is 1. The Hall–Kier alpha value is -5.12. The van der Waals surface area contributed by atoms with Crippen molar-refractivity contribution in [3.05, 3.63) is 58.7 Å². The van der Waals surface area contributed by atoms with Crippen molar-refractivity contribution in [2.45, 2.75) is 44.7 Å². The monoisotopic (exact) mass is 591 g/mol. The first-order valence-corrected chi connectivity index (χ1v) is 13.3. The molecule has 224 valence electrons. The van der Waals surface area contributed by atoms with E-state index in [-0.39, 0.29) is 42.7 Å². The summed E-state index contributed by atoms with van der Waals surface area (Å²) in [5, 5.41) is 14.7. The number of primary amides is 1. The van der Waals surface area contributed by atoms with Crippen molar-refractivity contribution in [2.24, 2.45) is 11.1 Å². The van der Waals surface area contributed by atoms with Crippen LogP contribution in [-0.4, -0.2) is 41.6 Å². The van der Waals surface area contributed by atoms with E-state index in [0.717, 1.165) is 22.3 Å². The zero-order chi connectivity index (χ0) is 31.2. The summed E-state index contributed by atoms with van der Waals surface area (Å²) in [6, 6.07) is 10.9. The van der Waals surface area contributed by atoms with Gasteiger partial charge in [-0.25, -0.2) is 8.78 Å². The molecule has 0 spiro atoms. The van der Waals surface area contributed by atoms with Crippen molar-refractivity contribution in [1.82, 2.24) is 9.97 Å². The van der Waals surface area contributed by atoms with E-state index in [1.54, 1.807) is 31.4 Å². The largest absolute Gasteiger partial charge is 0.497 e. The van der Waals surface area contributed by atoms with Crippen LogP contribution in [-0.2, 0) is 11.3 Å². The number of ether oxygens (including phenoxy) is 3. The third-order valence-corrected chi connectivity index (χ3v) is 8.11. The average molecular weight is 592 g/mol. The van der Waals surface area contributed by atoms with Crippen LogP contribution < -0.4 is 36.3 Å². The Bertz CT molecular complexity index is 1660. The number of aryl methyl sites for hydroxylation is 2. The van der Waals surface area contributed by atoms with Crippen molar-refractivity contribution in [1.29, 1.82) is 5.26 Å². The van der Waals surface area contributed by atoms with Gasteiger partial charge in [-0.3, -0.25) is 4.79 Å². The topological polar surface area (TPSA) is 170 Å². The second-order valence-corrected chi connectivity index (χ2v) is 10.8. The van der Waals surface area contributed by atoms with Crippen LogP contribution in [0.4, 0.5) is 26.2 Å². The lowest BCUT2D eigenvalue weighted by atomic mass is 9.36. The predicted octanol–water partition coefficient (Wildman–Crippen LogP) is 4.70. The first kappa shape index (κ1) is 29.4. The third-order valence-electron chi connectivity index (χ3n) is 8.11. The number of aromatic nitrogens is 2. The Kier molecular flexibility index (Phi) is 7.25. The predicted molar refractivity (Wildman–Crippen MR) is 156 cm³/mol. The van der Waals surface area contributed by atoms with Gasteiger partial charge in [-0.2, -0.15) is 15.2 Å². The van der Waals surface area contributed by atoms with Gasteiger partial charge < -0.3 is 36.3 Å². The molecule has 2 bridgehead atoms. The van der Waals surface area contributed by atoms with Gasteiger partial charge in [0.2, 0.25) is 17.7 Å². The molecule has 1 amide bonds. The van der Waals surface area contributed by atoms with Crippen molar-refractivity contribution in [3.8, 4) is 29.2 Å². The third kappa shape index (κ3) is 4.68. The van der Waals surface area contributed by atoms with E-state index < -0.39 is 22.8 Å². The number of anilines is 3. The fraction of sp³-hybridized carbons (Fsp3) is 0.333. The van der Waals surface area contributed by atoms with Crippen LogP contribution in [0.5, 0.6) is 23.1 Å². The van der Waals surface area contributed by atoms with Crippen LogP contribution >= 0.6 is 0 Å². The number of hydrogen-bond donors (Lipinski definition) is 4. The molecule has 0 atom stereocenters. The molecule has 3 aliphatic carbocycles. The van der Waals surface area contributed by atoms with E-state index in [1.807, 2.05) is 32.0 Å². The van der Waals surface area contributed by atoms with Crippen LogP contribution in [0.3, 0.4) is 0 Å². The molecular formula is C30H31F2N7O4. The van der Waals surface area contributed by atoms with Crippen molar-refractivity contribution >= 4 is 29.4 Å². The number of nitrogens with two attached hydrogens (primary N) is 2. The number of nitrogens with zero attached hydrogens (tertiary/aromatic N) is 3. The number of nitrogens with one attached hydrogen (secondary N) is 2. The molecule has 6 N–H and O–H groups in total. The highest BCUT2D eigenvalue weighted by molar-refractivity contribution is 5.89. The first-order chi connectivity index (χ1) is 20.4. The lowest BCUT2D eigenvalue weighted by Gasteiger charge is -2.73. The molecular weight excluding hydrogens is 560 g/mol. The van der Waals surface area contributed by atoms with E-state index in [2.05, 4.69) is 20.6 Å². The number of amides is 1. The molecule has 0 saturated heterocycles. The number of rotatable bonds is 11. The molecule has 3 saturated carbocycles. The number of alkyl halides is 2. The number of allylic oxidation sites excluding steroid dienone is 1. The Morgan fingerprint density at radius 2 is 1.84 bits per heavy atom. The number of halogens is 2. The van der Waals surface area contributed by atoms with Gasteiger partial charge >= 0.3 is 0 Å². The summed E-state index contributed by atoms with van der Waals surface area (Å²) in [6.45, 7) is 3.85. The average Bonchev–Trinajstić information content (AvgIpc) is 2.95. The molecule has 1 aromatic heterocycles. The quantitative estimate of drug-likeness (QED) is 0.229. The minimum absolute atomic E-state index is 0.0447. The van der Waals surface area contributed by atoms with E-state index in [4.69, 9.17) is 30.9 Å². The SMILES string of the molecule is COc1ccc(CNc2nc(NC34CC(C(N)=O)(C3)C4(F)F)nc(Oc3c(C)cc(/C=C/C#N)cc3C)c2N)c(OC)c1. The summed E-state index contributed by atoms with van der Waals surface area (Å²) in [5.41, 5.74) is 11.2. The lowest BCUT2D eigenvalue weighted by Crippen LogP contribution is -2.89. The highest BCUT2D eigenvalue weighted by atomic mass is 19.3. The highest BCUT2D eigenvalue weighted by Gasteiger charge is 2.91. The number of carbonyl (C=O) groups excluding carboxylic acids is 1. The second-order valence-electron chi connectivity index (χ2n) is 10.8. The maximum Gasteiger partial charge on any atom is 0.285 e. The fourth-order valence-electron chi connectivity index (χ4n) is 5.74. The second kappa shape index (κ2) is 10.6. The van der Waals surface area contributed by atoms with Gasteiger partial charge in [0.05, 0.1) is 20.3 Å². The van der Waals surface area contributed by atoms with Gasteiger partial charge in [0.1, 0.15) is 33.9 Å². The number of hydrogen-bond acceptors (Lipinski definition) is 10. The maximum atomic E-state index is 15.1. The highest BCUT2D eigenvalue weighted by Crippen LogP contribution is 2.76. The molecule has 3 aliphatic rings. The molecule has 0 radical (unpaired) electrons. The number of carbonyl (C=O) groups is 1. The smallest absolute Gasteiger partial charge is 0.285 e. The summed E-state index contributed by atoms with van der Waals surface area (Å²) in [7, 11) is 3.07. The fourth-order valence-corrected chi connectivity index (χ4v) is 5.74. The van der Waals surface area contributed by atoms with Crippen LogP contribution in [0, 0.1) is 30.6 Å². The zero-order valence-electron chi connectivity index (χ0n) is 24.0. The standard InChI is InChI=1S/C30H31F2N7O4/c1-16-10-18(6-5-9-33)11-17(2)23(16)43-25-22(34)24(36-13-19-7-8-20(41-3)12-21(19)42-4)37-27(38-25)39-29-14-28(15-29,26(35)40)30(29,31)32/h5-8,10-12H,13-15,34H2,1-4H3,(H2,35,40)(H2,36,37,38,39)/b6-5+. The number of nitrogen functional groups attached to an aromatic ring is 1. The van der Waals surface area contributed by atoms with Crippen LogP contribution in [0.1, 0.15) is 35.1 Å². The van der Waals surface area contributed by atoms with E-state index >= 15 is 8.78 Å². The van der Waals surface area contributed by atoms with E-state index in [9.17, 15) is 4.79 Å². The van der Waals surface area contributed by atoms with Gasteiger partial charge in [0.15, 0.2) is 5.82 Å². The molecule has 0 unspecified atom stereocenters. The number of methoxy groups -OCH3 is 2. The molecule has 0 aliphatic heterocycles. The van der Waals surface area contributed by atoms with Crippen LogP contribution in [0.25, 0.3) is 6.08 Å². The Morgan fingerprint density at radius 1 is 1.14 bits per heavy atom. The Balaban J connectivity index is 1.49. The molecule has 3 aromatic rings. The summed E-state index contributed by atoms with van der Waals surface area (Å²) >= 11 is 0. The molecule has 11 nitrogen and oxygen atoms in total. The Morgan fingerprint density at radius 3 is 2.42 bits per heavy atom. The van der Waals surface area contributed by atoms with E-state index in [1.165, 1.54) is 13.2 Å². The van der Waals surface area contributed by atoms with Crippen molar-refractivity contribution in [3.63, 3.8) is 0 Å². The molecule has 3 fully saturated rings. The van der Waals surface area contributed by atoms with Gasteiger partial charge in [-0.15, -0.1) is 0 Å². The maximum absolute atomic E-state index is 15.1. The summed E-state index contributed by atoms with van der Waals surface area (Å²) in [4.78, 5) is 20.5. The zero-order valence-corrected chi connectivity index (χ0v) is 24.0. The van der Waals surface area contributed by atoms with Crippen LogP contribution in [0.15, 0.2) is 36.4 Å². The molecule has 1 heterocycles. The Labute approximate surface area is 246 Å². The molecule has 13 heteroatoms. The minimum atomic E-state index is -3.37. The lowest BCUT2D eigenvalue weighted by molar-refractivity contribution is -0.332. The number of benzene rings is 2. The van der Waals surface area contributed by atoms with Gasteiger partial charge in [-0.1, -0.05) is 0 Å². The normalized spacial score (nSPS) is 21.2.